The number of aryl methyl sites for hydroxylation is 1. The van der Waals surface area contributed by atoms with Gasteiger partial charge in [0.15, 0.2) is 0 Å². The summed E-state index contributed by atoms with van der Waals surface area (Å²) in [6, 6.07) is 0.449. The summed E-state index contributed by atoms with van der Waals surface area (Å²) in [5.74, 6) is 1.17. The van der Waals surface area contributed by atoms with Gasteiger partial charge in [-0.3, -0.25) is 0 Å². The summed E-state index contributed by atoms with van der Waals surface area (Å²) in [7, 11) is 1.92. The van der Waals surface area contributed by atoms with Gasteiger partial charge < -0.3 is 10.2 Å². The summed E-state index contributed by atoms with van der Waals surface area (Å²) >= 11 is 3.68. The second kappa shape index (κ2) is 8.03. The first-order valence-corrected chi connectivity index (χ1v) is 9.56. The molecular formula is C15H25N3OS2. The Morgan fingerprint density at radius 3 is 3.05 bits per heavy atom. The van der Waals surface area contributed by atoms with Crippen molar-refractivity contribution >= 4 is 29.1 Å². The molecule has 0 saturated heterocycles. The van der Waals surface area contributed by atoms with Gasteiger partial charge in [-0.1, -0.05) is 6.92 Å². The van der Waals surface area contributed by atoms with Crippen LogP contribution >= 0.6 is 23.1 Å². The Hall–Kier alpha value is -0.750. The van der Waals surface area contributed by atoms with Gasteiger partial charge in [0.1, 0.15) is 0 Å². The smallest absolute Gasteiger partial charge is 0.317 e. The second-order valence-corrected chi connectivity index (χ2v) is 8.13. The molecule has 1 fully saturated rings. The molecular weight excluding hydrogens is 302 g/mol. The van der Waals surface area contributed by atoms with Gasteiger partial charge in [0, 0.05) is 36.7 Å². The molecule has 0 aromatic carbocycles. The van der Waals surface area contributed by atoms with Crippen LogP contribution in [0.2, 0.25) is 0 Å². The molecule has 2 amide bonds. The minimum atomic E-state index is 0.0501. The van der Waals surface area contributed by atoms with E-state index in [9.17, 15) is 4.79 Å². The van der Waals surface area contributed by atoms with Crippen molar-refractivity contribution < 1.29 is 4.79 Å². The number of urea groups is 1. The van der Waals surface area contributed by atoms with Gasteiger partial charge >= 0.3 is 6.03 Å². The highest BCUT2D eigenvalue weighted by atomic mass is 32.2. The van der Waals surface area contributed by atoms with Crippen LogP contribution in [0.5, 0.6) is 0 Å². The Balaban J connectivity index is 1.70. The van der Waals surface area contributed by atoms with Crippen LogP contribution in [0.4, 0.5) is 4.79 Å². The summed E-state index contributed by atoms with van der Waals surface area (Å²) in [5.41, 5.74) is 1.07. The number of hydrogen-bond donors (Lipinski definition) is 1. The fourth-order valence-corrected chi connectivity index (χ4v) is 4.55. The zero-order valence-electron chi connectivity index (χ0n) is 13.1. The lowest BCUT2D eigenvalue weighted by atomic mass is 10.2. The average molecular weight is 328 g/mol. The lowest BCUT2D eigenvalue weighted by Gasteiger charge is -2.25. The van der Waals surface area contributed by atoms with Gasteiger partial charge in [-0.2, -0.15) is 11.8 Å². The van der Waals surface area contributed by atoms with E-state index in [1.165, 1.54) is 12.2 Å². The van der Waals surface area contributed by atoms with Gasteiger partial charge in [0.05, 0.1) is 10.7 Å². The van der Waals surface area contributed by atoms with Crippen molar-refractivity contribution in [2.75, 3.05) is 19.3 Å². The van der Waals surface area contributed by atoms with Crippen LogP contribution in [-0.2, 0) is 6.42 Å². The van der Waals surface area contributed by atoms with E-state index in [2.05, 4.69) is 22.6 Å². The minimum Gasteiger partial charge on any atom is -0.338 e. The number of rotatable bonds is 6. The Labute approximate surface area is 135 Å². The molecule has 21 heavy (non-hydrogen) atoms. The summed E-state index contributed by atoms with van der Waals surface area (Å²) in [4.78, 5) is 18.5. The molecule has 0 bridgehead atoms. The summed E-state index contributed by atoms with van der Waals surface area (Å²) in [6.45, 7) is 4.87. The molecule has 1 N–H and O–H groups in total. The summed E-state index contributed by atoms with van der Waals surface area (Å²) < 4.78 is 0. The van der Waals surface area contributed by atoms with E-state index >= 15 is 0 Å². The fraction of sp³-hybridized carbons (Fsp3) is 0.733. The van der Waals surface area contributed by atoms with Crippen LogP contribution in [0, 0.1) is 6.92 Å². The van der Waals surface area contributed by atoms with Crippen LogP contribution in [0.1, 0.15) is 36.9 Å². The van der Waals surface area contributed by atoms with Crippen LogP contribution in [0.15, 0.2) is 5.38 Å². The van der Waals surface area contributed by atoms with Crippen molar-refractivity contribution in [2.45, 2.75) is 50.8 Å². The molecule has 0 spiro atoms. The number of hydrogen-bond acceptors (Lipinski definition) is 4. The molecule has 0 unspecified atom stereocenters. The topological polar surface area (TPSA) is 45.2 Å². The number of amides is 2. The third-order valence-electron chi connectivity index (χ3n) is 3.95. The highest BCUT2D eigenvalue weighted by Gasteiger charge is 2.29. The summed E-state index contributed by atoms with van der Waals surface area (Å²) in [6.07, 6.45) is 4.31. The fourth-order valence-electron chi connectivity index (χ4n) is 2.77. The maximum Gasteiger partial charge on any atom is 0.317 e. The highest BCUT2D eigenvalue weighted by molar-refractivity contribution is 7.99. The predicted molar refractivity (Wildman–Crippen MR) is 91.3 cm³/mol. The van der Waals surface area contributed by atoms with Gasteiger partial charge in [0.25, 0.3) is 0 Å². The van der Waals surface area contributed by atoms with Crippen molar-refractivity contribution in [2.24, 2.45) is 0 Å². The van der Waals surface area contributed by atoms with E-state index in [1.54, 1.807) is 11.3 Å². The van der Waals surface area contributed by atoms with Crippen molar-refractivity contribution in [3.8, 4) is 0 Å². The number of nitrogens with zero attached hydrogens (tertiary/aromatic N) is 2. The minimum absolute atomic E-state index is 0.0501. The molecule has 0 aliphatic heterocycles. The quantitative estimate of drug-likeness (QED) is 0.872. The van der Waals surface area contributed by atoms with E-state index in [0.29, 0.717) is 12.6 Å². The molecule has 0 radical (unpaired) electrons. The Kier molecular flexibility index (Phi) is 6.36. The van der Waals surface area contributed by atoms with Gasteiger partial charge in [-0.15, -0.1) is 11.3 Å². The summed E-state index contributed by atoms with van der Waals surface area (Å²) in [5, 5.41) is 6.89. The first-order chi connectivity index (χ1) is 10.1. The Bertz CT molecular complexity index is 464. The number of thioether (sulfide) groups is 1. The normalized spacial score (nSPS) is 21.5. The van der Waals surface area contributed by atoms with Gasteiger partial charge in [-0.05, 0) is 31.9 Å². The lowest BCUT2D eigenvalue weighted by molar-refractivity contribution is 0.191. The maximum atomic E-state index is 12.2. The number of carbonyl (C=O) groups is 1. The molecule has 1 aliphatic rings. The molecule has 1 aliphatic carbocycles. The van der Waals surface area contributed by atoms with Gasteiger partial charge in [0.2, 0.25) is 0 Å². The number of aromatic nitrogens is 1. The van der Waals surface area contributed by atoms with Crippen molar-refractivity contribution in [1.29, 1.82) is 0 Å². The predicted octanol–water partition coefficient (Wildman–Crippen LogP) is 3.31. The largest absolute Gasteiger partial charge is 0.338 e. The number of thiazole rings is 1. The van der Waals surface area contributed by atoms with Crippen LogP contribution in [-0.4, -0.2) is 46.6 Å². The van der Waals surface area contributed by atoms with Crippen LogP contribution in [0.3, 0.4) is 0 Å². The molecule has 1 saturated carbocycles. The Morgan fingerprint density at radius 2 is 2.38 bits per heavy atom. The molecule has 6 heteroatoms. The molecule has 1 aromatic heterocycles. The first kappa shape index (κ1) is 16.6. The SMILES string of the molecule is CCS[C@H]1CC[C@@H](N(C)C(=O)NCCc2csc(C)n2)C1. The van der Waals surface area contributed by atoms with Gasteiger partial charge in [-0.25, -0.2) is 9.78 Å². The van der Waals surface area contributed by atoms with E-state index in [-0.39, 0.29) is 6.03 Å². The lowest BCUT2D eigenvalue weighted by Crippen LogP contribution is -2.43. The van der Waals surface area contributed by atoms with E-state index in [1.807, 2.05) is 30.6 Å². The first-order valence-electron chi connectivity index (χ1n) is 7.63. The van der Waals surface area contributed by atoms with E-state index < -0.39 is 0 Å². The number of carbonyl (C=O) groups excluding carboxylic acids is 1. The zero-order chi connectivity index (χ0) is 15.2. The van der Waals surface area contributed by atoms with Crippen molar-refractivity contribution in [3.05, 3.63) is 16.1 Å². The van der Waals surface area contributed by atoms with Crippen LogP contribution in [0.25, 0.3) is 0 Å². The van der Waals surface area contributed by atoms with E-state index in [0.717, 1.165) is 35.2 Å². The zero-order valence-corrected chi connectivity index (χ0v) is 14.7. The van der Waals surface area contributed by atoms with E-state index in [4.69, 9.17) is 0 Å². The standard InChI is InChI=1S/C15H25N3OS2/c1-4-20-14-6-5-13(9-14)18(3)15(19)16-8-7-12-10-21-11(2)17-12/h10,13-14H,4-9H2,1-3H3,(H,16,19)/t13-,14+/m1/s1. The maximum absolute atomic E-state index is 12.2. The third kappa shape index (κ3) is 4.88. The monoisotopic (exact) mass is 327 g/mol. The highest BCUT2D eigenvalue weighted by Crippen LogP contribution is 2.32. The second-order valence-electron chi connectivity index (χ2n) is 5.49. The van der Waals surface area contributed by atoms with Crippen molar-refractivity contribution in [1.82, 2.24) is 15.2 Å². The third-order valence-corrected chi connectivity index (χ3v) is 6.01. The molecule has 1 heterocycles. The Morgan fingerprint density at radius 1 is 1.57 bits per heavy atom. The molecule has 2 rings (SSSR count). The molecule has 118 valence electrons. The molecule has 2 atom stereocenters. The molecule has 1 aromatic rings. The molecule has 4 nitrogen and oxygen atoms in total. The van der Waals surface area contributed by atoms with Crippen LogP contribution < -0.4 is 5.32 Å². The van der Waals surface area contributed by atoms with Crippen molar-refractivity contribution in [3.63, 3.8) is 0 Å². The average Bonchev–Trinajstić information content (AvgIpc) is 3.08. The number of nitrogens with one attached hydrogen (secondary N) is 1.